The fraction of sp³-hybridized carbons (Fsp3) is 1.00. The molecule has 1 heterocycles. The zero-order valence-electron chi connectivity index (χ0n) is 11.5. The Labute approximate surface area is 111 Å². The number of ether oxygens (including phenoxy) is 1. The van der Waals surface area contributed by atoms with Crippen molar-refractivity contribution in [2.75, 3.05) is 6.61 Å². The first-order valence-corrected chi connectivity index (χ1v) is 8.12. The first-order chi connectivity index (χ1) is 8.83. The molecular weight excluding hydrogens is 224 g/mol. The molecule has 0 aromatic heterocycles. The van der Waals surface area contributed by atoms with Crippen molar-refractivity contribution in [3.05, 3.63) is 0 Å². The second kappa shape index (κ2) is 5.92. The van der Waals surface area contributed by atoms with Crippen molar-refractivity contribution in [1.29, 1.82) is 0 Å². The fourth-order valence-electron chi connectivity index (χ4n) is 4.44. The van der Waals surface area contributed by atoms with Crippen molar-refractivity contribution in [1.82, 2.24) is 0 Å². The molecule has 2 unspecified atom stereocenters. The minimum atomic E-state index is -0.0314. The van der Waals surface area contributed by atoms with Crippen LogP contribution in [0, 0.1) is 17.8 Å². The van der Waals surface area contributed by atoms with Crippen LogP contribution in [0.3, 0.4) is 0 Å². The monoisotopic (exact) mass is 252 g/mol. The molecule has 3 aliphatic rings. The Morgan fingerprint density at radius 2 is 1.33 bits per heavy atom. The standard InChI is InChI=1S/C16H28O2/c17-15-8-5-13(6-9-15)16-10-7-14(11-18-16)12-3-1-2-4-12/h12-17H,1-11H2. The maximum Gasteiger partial charge on any atom is 0.0603 e. The highest BCUT2D eigenvalue weighted by atomic mass is 16.5. The van der Waals surface area contributed by atoms with Gasteiger partial charge in [0.05, 0.1) is 18.8 Å². The van der Waals surface area contributed by atoms with Crippen LogP contribution in [0.5, 0.6) is 0 Å². The Bertz CT molecular complexity index is 244. The van der Waals surface area contributed by atoms with E-state index in [4.69, 9.17) is 4.74 Å². The summed E-state index contributed by atoms with van der Waals surface area (Å²) in [6.07, 6.45) is 13.3. The summed E-state index contributed by atoms with van der Waals surface area (Å²) < 4.78 is 6.20. The smallest absolute Gasteiger partial charge is 0.0603 e. The van der Waals surface area contributed by atoms with Gasteiger partial charge in [-0.15, -0.1) is 0 Å². The molecule has 1 N–H and O–H groups in total. The van der Waals surface area contributed by atoms with Gasteiger partial charge in [0.2, 0.25) is 0 Å². The first kappa shape index (κ1) is 12.9. The Hall–Kier alpha value is -0.0800. The van der Waals surface area contributed by atoms with E-state index in [0.717, 1.165) is 37.2 Å². The third kappa shape index (κ3) is 2.91. The van der Waals surface area contributed by atoms with Crippen LogP contribution >= 0.6 is 0 Å². The highest BCUT2D eigenvalue weighted by molar-refractivity contribution is 4.84. The molecule has 18 heavy (non-hydrogen) atoms. The van der Waals surface area contributed by atoms with Crippen LogP contribution in [0.2, 0.25) is 0 Å². The molecule has 2 atom stereocenters. The maximum atomic E-state index is 9.57. The topological polar surface area (TPSA) is 29.5 Å². The molecule has 0 spiro atoms. The molecule has 0 radical (unpaired) electrons. The molecule has 2 saturated carbocycles. The summed E-state index contributed by atoms with van der Waals surface area (Å²) in [5.74, 6) is 2.56. The summed E-state index contributed by atoms with van der Waals surface area (Å²) in [6.45, 7) is 1.02. The van der Waals surface area contributed by atoms with E-state index in [9.17, 15) is 5.11 Å². The lowest BCUT2D eigenvalue weighted by atomic mass is 9.78. The highest BCUT2D eigenvalue weighted by Gasteiger charge is 2.34. The molecule has 3 rings (SSSR count). The van der Waals surface area contributed by atoms with Gasteiger partial charge < -0.3 is 9.84 Å². The number of rotatable bonds is 2. The van der Waals surface area contributed by atoms with E-state index in [0.29, 0.717) is 6.10 Å². The van der Waals surface area contributed by atoms with Crippen molar-refractivity contribution in [2.24, 2.45) is 17.8 Å². The molecule has 1 aliphatic heterocycles. The van der Waals surface area contributed by atoms with E-state index in [1.165, 1.54) is 51.4 Å². The molecule has 0 bridgehead atoms. The van der Waals surface area contributed by atoms with Crippen molar-refractivity contribution < 1.29 is 9.84 Å². The predicted molar refractivity (Wildman–Crippen MR) is 72.4 cm³/mol. The number of aliphatic hydroxyl groups excluding tert-OH is 1. The van der Waals surface area contributed by atoms with Gasteiger partial charge in [0, 0.05) is 0 Å². The predicted octanol–water partition coefficient (Wildman–Crippen LogP) is 3.52. The number of hydrogen-bond donors (Lipinski definition) is 1. The summed E-state index contributed by atoms with van der Waals surface area (Å²) in [5.41, 5.74) is 0. The van der Waals surface area contributed by atoms with Gasteiger partial charge in [-0.1, -0.05) is 25.7 Å². The van der Waals surface area contributed by atoms with E-state index in [-0.39, 0.29) is 6.10 Å². The van der Waals surface area contributed by atoms with Gasteiger partial charge >= 0.3 is 0 Å². The zero-order valence-corrected chi connectivity index (χ0v) is 11.5. The van der Waals surface area contributed by atoms with E-state index < -0.39 is 0 Å². The van der Waals surface area contributed by atoms with Crippen molar-refractivity contribution >= 4 is 0 Å². The van der Waals surface area contributed by atoms with E-state index in [2.05, 4.69) is 0 Å². The summed E-state index contributed by atoms with van der Waals surface area (Å²) in [7, 11) is 0. The SMILES string of the molecule is OC1CCC(C2CCC(C3CCCC3)CO2)CC1. The summed E-state index contributed by atoms with van der Waals surface area (Å²) in [4.78, 5) is 0. The Morgan fingerprint density at radius 1 is 0.667 bits per heavy atom. The van der Waals surface area contributed by atoms with Gasteiger partial charge in [-0.2, -0.15) is 0 Å². The minimum absolute atomic E-state index is 0.0314. The molecule has 2 nitrogen and oxygen atoms in total. The quantitative estimate of drug-likeness (QED) is 0.814. The second-order valence-corrected chi connectivity index (χ2v) is 6.82. The maximum absolute atomic E-state index is 9.57. The molecular formula is C16H28O2. The van der Waals surface area contributed by atoms with E-state index in [1.54, 1.807) is 0 Å². The lowest BCUT2D eigenvalue weighted by Gasteiger charge is -2.38. The van der Waals surface area contributed by atoms with Gasteiger partial charge in [-0.3, -0.25) is 0 Å². The normalized spacial score (nSPS) is 43.2. The van der Waals surface area contributed by atoms with Gasteiger partial charge in [-0.05, 0) is 56.3 Å². The molecule has 1 saturated heterocycles. The van der Waals surface area contributed by atoms with Gasteiger partial charge in [0.1, 0.15) is 0 Å². The highest BCUT2D eigenvalue weighted by Crippen LogP contribution is 2.39. The summed E-state index contributed by atoms with van der Waals surface area (Å²) in [6, 6.07) is 0. The molecule has 2 aliphatic carbocycles. The van der Waals surface area contributed by atoms with Crippen LogP contribution in [0.15, 0.2) is 0 Å². The van der Waals surface area contributed by atoms with Crippen LogP contribution in [0.25, 0.3) is 0 Å². The van der Waals surface area contributed by atoms with Crippen LogP contribution in [-0.2, 0) is 4.74 Å². The molecule has 0 aromatic rings. The largest absolute Gasteiger partial charge is 0.393 e. The second-order valence-electron chi connectivity index (χ2n) is 6.82. The Kier molecular flexibility index (Phi) is 4.25. The minimum Gasteiger partial charge on any atom is -0.393 e. The van der Waals surface area contributed by atoms with Crippen LogP contribution < -0.4 is 0 Å². The van der Waals surface area contributed by atoms with Gasteiger partial charge in [0.15, 0.2) is 0 Å². The van der Waals surface area contributed by atoms with Crippen molar-refractivity contribution in [2.45, 2.75) is 76.4 Å². The van der Waals surface area contributed by atoms with Crippen LogP contribution in [0.1, 0.15) is 64.2 Å². The fourth-order valence-corrected chi connectivity index (χ4v) is 4.44. The molecule has 0 amide bonds. The number of hydrogen-bond acceptors (Lipinski definition) is 2. The Balaban J connectivity index is 1.44. The van der Waals surface area contributed by atoms with Crippen molar-refractivity contribution in [3.63, 3.8) is 0 Å². The third-order valence-corrected chi connectivity index (χ3v) is 5.68. The van der Waals surface area contributed by atoms with Gasteiger partial charge in [0.25, 0.3) is 0 Å². The Morgan fingerprint density at radius 3 is 1.94 bits per heavy atom. The summed E-state index contributed by atoms with van der Waals surface area (Å²) in [5, 5.41) is 9.57. The summed E-state index contributed by atoms with van der Waals surface area (Å²) >= 11 is 0. The van der Waals surface area contributed by atoms with Crippen LogP contribution in [0.4, 0.5) is 0 Å². The van der Waals surface area contributed by atoms with Crippen molar-refractivity contribution in [3.8, 4) is 0 Å². The average Bonchev–Trinajstić information content (AvgIpc) is 2.94. The zero-order chi connectivity index (χ0) is 12.4. The number of aliphatic hydroxyl groups is 1. The third-order valence-electron chi connectivity index (χ3n) is 5.68. The molecule has 0 aromatic carbocycles. The van der Waals surface area contributed by atoms with E-state index in [1.807, 2.05) is 0 Å². The molecule has 3 fully saturated rings. The van der Waals surface area contributed by atoms with Crippen LogP contribution in [-0.4, -0.2) is 23.9 Å². The lowest BCUT2D eigenvalue weighted by Crippen LogP contribution is -2.36. The molecule has 2 heteroatoms. The van der Waals surface area contributed by atoms with E-state index >= 15 is 0 Å². The average molecular weight is 252 g/mol. The lowest BCUT2D eigenvalue weighted by molar-refractivity contribution is -0.0730. The first-order valence-electron chi connectivity index (χ1n) is 8.12. The van der Waals surface area contributed by atoms with Gasteiger partial charge in [-0.25, -0.2) is 0 Å². The molecule has 104 valence electrons.